The van der Waals surface area contributed by atoms with Crippen LogP contribution in [0.25, 0.3) is 0 Å². The minimum atomic E-state index is 0.159. The summed E-state index contributed by atoms with van der Waals surface area (Å²) < 4.78 is 6.81. The third-order valence-electron chi connectivity index (χ3n) is 3.12. The van der Waals surface area contributed by atoms with E-state index < -0.39 is 0 Å². The van der Waals surface area contributed by atoms with Crippen molar-refractivity contribution in [1.82, 2.24) is 4.90 Å². The van der Waals surface area contributed by atoms with Gasteiger partial charge in [0.05, 0.1) is 0 Å². The van der Waals surface area contributed by atoms with E-state index in [1.165, 1.54) is 0 Å². The molecule has 0 spiro atoms. The number of ether oxygens (including phenoxy) is 1. The van der Waals surface area contributed by atoms with Crippen LogP contribution in [-0.2, 0) is 0 Å². The lowest BCUT2D eigenvalue weighted by Crippen LogP contribution is -2.40. The number of likely N-dealkylation sites (N-methyl/N-ethyl adjacent to an activating group) is 1. The summed E-state index contributed by atoms with van der Waals surface area (Å²) in [6.07, 6.45) is 0. The standard InChI is InChI=1S/C15H25BrN2O/c1-4-18(12-15(2,3)11-17)8-9-19-14-7-5-6-13(16)10-14/h5-7,10H,4,8-9,11-12,17H2,1-3H3. The molecule has 2 N–H and O–H groups in total. The summed E-state index contributed by atoms with van der Waals surface area (Å²) in [4.78, 5) is 2.38. The highest BCUT2D eigenvalue weighted by atomic mass is 79.9. The van der Waals surface area contributed by atoms with Gasteiger partial charge in [-0.05, 0) is 36.7 Å². The van der Waals surface area contributed by atoms with Crippen molar-refractivity contribution in [3.8, 4) is 5.75 Å². The van der Waals surface area contributed by atoms with Gasteiger partial charge >= 0.3 is 0 Å². The molecule has 0 aliphatic carbocycles. The molecule has 0 unspecified atom stereocenters. The van der Waals surface area contributed by atoms with E-state index in [1.54, 1.807) is 0 Å². The van der Waals surface area contributed by atoms with Crippen LogP contribution in [0.4, 0.5) is 0 Å². The summed E-state index contributed by atoms with van der Waals surface area (Å²) in [5.74, 6) is 0.906. The normalized spacial score (nSPS) is 11.9. The first-order valence-electron chi connectivity index (χ1n) is 6.77. The summed E-state index contributed by atoms with van der Waals surface area (Å²) in [6.45, 7) is 10.9. The van der Waals surface area contributed by atoms with Crippen molar-refractivity contribution in [2.75, 3.05) is 32.8 Å². The lowest BCUT2D eigenvalue weighted by molar-refractivity contribution is 0.160. The molecular weight excluding hydrogens is 304 g/mol. The molecule has 0 aliphatic heterocycles. The molecule has 108 valence electrons. The molecule has 0 saturated carbocycles. The lowest BCUT2D eigenvalue weighted by Gasteiger charge is -2.30. The van der Waals surface area contributed by atoms with E-state index >= 15 is 0 Å². The maximum absolute atomic E-state index is 5.78. The summed E-state index contributed by atoms with van der Waals surface area (Å²) in [5, 5.41) is 0. The molecule has 1 aromatic rings. The van der Waals surface area contributed by atoms with E-state index in [2.05, 4.69) is 41.6 Å². The van der Waals surface area contributed by atoms with Crippen molar-refractivity contribution in [2.45, 2.75) is 20.8 Å². The average Bonchev–Trinajstić information content (AvgIpc) is 2.37. The zero-order valence-electron chi connectivity index (χ0n) is 12.2. The van der Waals surface area contributed by atoms with Gasteiger partial charge in [0, 0.05) is 17.6 Å². The largest absolute Gasteiger partial charge is 0.492 e. The molecule has 0 atom stereocenters. The quantitative estimate of drug-likeness (QED) is 0.796. The van der Waals surface area contributed by atoms with Crippen LogP contribution in [0.1, 0.15) is 20.8 Å². The van der Waals surface area contributed by atoms with Crippen LogP contribution < -0.4 is 10.5 Å². The Balaban J connectivity index is 2.38. The van der Waals surface area contributed by atoms with E-state index in [0.717, 1.165) is 29.9 Å². The van der Waals surface area contributed by atoms with Crippen molar-refractivity contribution in [2.24, 2.45) is 11.1 Å². The minimum absolute atomic E-state index is 0.159. The van der Waals surface area contributed by atoms with Crippen LogP contribution in [-0.4, -0.2) is 37.7 Å². The highest BCUT2D eigenvalue weighted by Gasteiger charge is 2.19. The fourth-order valence-corrected chi connectivity index (χ4v) is 2.25. The maximum Gasteiger partial charge on any atom is 0.120 e. The Morgan fingerprint density at radius 1 is 1.37 bits per heavy atom. The maximum atomic E-state index is 5.78. The Morgan fingerprint density at radius 3 is 2.68 bits per heavy atom. The number of hydrogen-bond donors (Lipinski definition) is 1. The zero-order valence-corrected chi connectivity index (χ0v) is 13.7. The number of benzene rings is 1. The van der Waals surface area contributed by atoms with Gasteiger partial charge in [0.1, 0.15) is 12.4 Å². The molecule has 1 aromatic carbocycles. The Hall–Kier alpha value is -0.580. The van der Waals surface area contributed by atoms with Crippen LogP contribution in [0.3, 0.4) is 0 Å². The fourth-order valence-electron chi connectivity index (χ4n) is 1.87. The first-order valence-corrected chi connectivity index (χ1v) is 7.57. The minimum Gasteiger partial charge on any atom is -0.492 e. The predicted octanol–water partition coefficient (Wildman–Crippen LogP) is 3.13. The Morgan fingerprint density at radius 2 is 2.11 bits per heavy atom. The highest BCUT2D eigenvalue weighted by molar-refractivity contribution is 9.10. The zero-order chi connectivity index (χ0) is 14.3. The number of halogens is 1. The second-order valence-corrected chi connectivity index (χ2v) is 6.46. The van der Waals surface area contributed by atoms with Gasteiger partial charge in [-0.1, -0.05) is 42.8 Å². The summed E-state index contributed by atoms with van der Waals surface area (Å²) in [7, 11) is 0. The van der Waals surface area contributed by atoms with Crippen molar-refractivity contribution in [1.29, 1.82) is 0 Å². The van der Waals surface area contributed by atoms with Gasteiger partial charge in [0.25, 0.3) is 0 Å². The van der Waals surface area contributed by atoms with Gasteiger partial charge in [-0.3, -0.25) is 4.90 Å². The van der Waals surface area contributed by atoms with E-state index in [-0.39, 0.29) is 5.41 Å². The van der Waals surface area contributed by atoms with Gasteiger partial charge in [-0.15, -0.1) is 0 Å². The van der Waals surface area contributed by atoms with Crippen LogP contribution in [0.15, 0.2) is 28.7 Å². The smallest absolute Gasteiger partial charge is 0.120 e. The molecule has 0 aromatic heterocycles. The topological polar surface area (TPSA) is 38.5 Å². The lowest BCUT2D eigenvalue weighted by atomic mass is 9.93. The summed E-state index contributed by atoms with van der Waals surface area (Å²) >= 11 is 3.44. The molecular formula is C15H25BrN2O. The van der Waals surface area contributed by atoms with Gasteiger partial charge in [0.2, 0.25) is 0 Å². The Kier molecular flexibility index (Phi) is 6.83. The van der Waals surface area contributed by atoms with Crippen LogP contribution >= 0.6 is 15.9 Å². The summed E-state index contributed by atoms with van der Waals surface area (Å²) in [5.41, 5.74) is 5.94. The average molecular weight is 329 g/mol. The molecule has 0 bridgehead atoms. The number of nitrogens with zero attached hydrogens (tertiary/aromatic N) is 1. The fraction of sp³-hybridized carbons (Fsp3) is 0.600. The second kappa shape index (κ2) is 7.88. The Labute approximate surface area is 125 Å². The van der Waals surface area contributed by atoms with Crippen molar-refractivity contribution in [3.05, 3.63) is 28.7 Å². The van der Waals surface area contributed by atoms with Gasteiger partial charge in [0.15, 0.2) is 0 Å². The van der Waals surface area contributed by atoms with Gasteiger partial charge < -0.3 is 10.5 Å². The first-order chi connectivity index (χ1) is 8.96. The number of hydrogen-bond acceptors (Lipinski definition) is 3. The molecule has 0 amide bonds. The SMILES string of the molecule is CCN(CCOc1cccc(Br)c1)CC(C)(C)CN. The molecule has 4 heteroatoms. The molecule has 0 radical (unpaired) electrons. The van der Waals surface area contributed by atoms with Crippen molar-refractivity contribution < 1.29 is 4.74 Å². The van der Waals surface area contributed by atoms with E-state index in [0.29, 0.717) is 13.2 Å². The van der Waals surface area contributed by atoms with E-state index in [4.69, 9.17) is 10.5 Å². The third-order valence-corrected chi connectivity index (χ3v) is 3.62. The van der Waals surface area contributed by atoms with Crippen molar-refractivity contribution in [3.63, 3.8) is 0 Å². The van der Waals surface area contributed by atoms with Crippen LogP contribution in [0.5, 0.6) is 5.75 Å². The van der Waals surface area contributed by atoms with Gasteiger partial charge in [-0.25, -0.2) is 0 Å². The Bertz CT molecular complexity index is 382. The van der Waals surface area contributed by atoms with E-state index in [1.807, 2.05) is 24.3 Å². The predicted molar refractivity (Wildman–Crippen MR) is 84.6 cm³/mol. The van der Waals surface area contributed by atoms with E-state index in [9.17, 15) is 0 Å². The molecule has 3 nitrogen and oxygen atoms in total. The molecule has 0 saturated heterocycles. The van der Waals surface area contributed by atoms with Gasteiger partial charge in [-0.2, -0.15) is 0 Å². The molecule has 19 heavy (non-hydrogen) atoms. The number of rotatable bonds is 8. The highest BCUT2D eigenvalue weighted by Crippen LogP contribution is 2.18. The molecule has 0 fully saturated rings. The number of nitrogens with two attached hydrogens (primary N) is 1. The molecule has 0 heterocycles. The second-order valence-electron chi connectivity index (χ2n) is 5.54. The van der Waals surface area contributed by atoms with Crippen LogP contribution in [0.2, 0.25) is 0 Å². The summed E-state index contributed by atoms with van der Waals surface area (Å²) in [6, 6.07) is 7.94. The third kappa shape index (κ3) is 6.41. The molecule has 1 rings (SSSR count). The molecule has 0 aliphatic rings. The monoisotopic (exact) mass is 328 g/mol. The van der Waals surface area contributed by atoms with Crippen LogP contribution in [0, 0.1) is 5.41 Å². The van der Waals surface area contributed by atoms with Crippen molar-refractivity contribution >= 4 is 15.9 Å². The first kappa shape index (κ1) is 16.5.